The van der Waals surface area contributed by atoms with E-state index in [0.29, 0.717) is 84.7 Å². The van der Waals surface area contributed by atoms with Crippen molar-refractivity contribution in [3.63, 3.8) is 0 Å². The van der Waals surface area contributed by atoms with Gasteiger partial charge < -0.3 is 48.1 Å². The van der Waals surface area contributed by atoms with Crippen molar-refractivity contribution < 1.29 is 76.1 Å². The summed E-state index contributed by atoms with van der Waals surface area (Å²) in [5.74, 6) is -2.43. The molecule has 4 aliphatic carbocycles. The smallest absolute Gasteiger partial charge is 0.193 e. The lowest BCUT2D eigenvalue weighted by molar-refractivity contribution is -0.235. The van der Waals surface area contributed by atoms with Crippen molar-refractivity contribution in [1.29, 1.82) is 0 Å². The standard InChI is InChI=1S/C55H72F2O14S2/c1-36(72-4)47(61)9-6-17-64-19-21-66-23-25-68-27-28-69-26-24-67-22-20-65-18-15-40(60)29-37-7-5-8-42(30-37)73-41-12-10-38(11-13-41)51-70-50-33-43-44-32-46(56)45-31-39(59)14-16-52(45,2)54(44,57)48(62)34-53(43,3)55(50,71-51)49(63)35-58/h5,7-8,10-14,16,30-31,36,43-44,46,48,50-51,58,62H,6,9,15,17-29,32-35H2,1-4H3/t36?,43-,44-,46-,48-,50+,51+,52-,53-,54-,55+/m0/s1. The van der Waals surface area contributed by atoms with Crippen molar-refractivity contribution in [2.45, 2.75) is 117 Å². The van der Waals surface area contributed by atoms with E-state index < -0.39 is 76.8 Å². The molecule has 2 aromatic carbocycles. The molecule has 73 heavy (non-hydrogen) atoms. The van der Waals surface area contributed by atoms with E-state index in [4.69, 9.17) is 37.9 Å². The van der Waals surface area contributed by atoms with E-state index in [1.807, 2.05) is 61.7 Å². The van der Waals surface area contributed by atoms with E-state index >= 15 is 8.78 Å². The Morgan fingerprint density at radius 3 is 2.05 bits per heavy atom. The van der Waals surface area contributed by atoms with Crippen LogP contribution in [0.3, 0.4) is 0 Å². The molecular formula is C55H72F2O14S2. The third kappa shape index (κ3) is 12.8. The Bertz CT molecular complexity index is 2270. The normalized spacial score (nSPS) is 30.6. The maximum Gasteiger partial charge on any atom is 0.193 e. The Hall–Kier alpha value is -3.24. The van der Waals surface area contributed by atoms with Crippen LogP contribution in [0.5, 0.6) is 0 Å². The Balaban J connectivity index is 0.770. The summed E-state index contributed by atoms with van der Waals surface area (Å²) in [6.45, 7) is 9.55. The van der Waals surface area contributed by atoms with Crippen LogP contribution in [-0.4, -0.2) is 160 Å². The number of fused-ring (bicyclic) bond motifs is 7. The van der Waals surface area contributed by atoms with E-state index in [2.05, 4.69) is 0 Å². The largest absolute Gasteiger partial charge is 0.390 e. The zero-order valence-corrected chi connectivity index (χ0v) is 44.0. The van der Waals surface area contributed by atoms with Crippen LogP contribution >= 0.6 is 23.5 Å². The van der Waals surface area contributed by atoms with Crippen LogP contribution in [0.2, 0.25) is 0 Å². The number of benzene rings is 2. The Kier molecular flexibility index (Phi) is 20.6. The molecule has 0 radical (unpaired) electrons. The minimum absolute atomic E-state index is 0.0180. The molecule has 0 amide bonds. The Labute approximate surface area is 435 Å². The molecule has 4 fully saturated rings. The van der Waals surface area contributed by atoms with Gasteiger partial charge in [-0.15, -0.1) is 0 Å². The summed E-state index contributed by atoms with van der Waals surface area (Å²) in [6.07, 6.45) is 1.99. The first-order valence-corrected chi connectivity index (χ1v) is 27.6. The van der Waals surface area contributed by atoms with Gasteiger partial charge in [-0.2, -0.15) is 11.8 Å². The summed E-state index contributed by atoms with van der Waals surface area (Å²) >= 11 is 3.07. The van der Waals surface area contributed by atoms with E-state index in [-0.39, 0.29) is 61.1 Å². The molecule has 3 saturated carbocycles. The van der Waals surface area contributed by atoms with E-state index in [9.17, 15) is 29.4 Å². The predicted molar refractivity (Wildman–Crippen MR) is 270 cm³/mol. The Morgan fingerprint density at radius 1 is 0.822 bits per heavy atom. The van der Waals surface area contributed by atoms with Gasteiger partial charge in [0.25, 0.3) is 0 Å². The van der Waals surface area contributed by atoms with Gasteiger partial charge in [0.2, 0.25) is 0 Å². The molecule has 0 bridgehead atoms. The van der Waals surface area contributed by atoms with Gasteiger partial charge in [-0.3, -0.25) is 19.2 Å². The van der Waals surface area contributed by atoms with Gasteiger partial charge in [0, 0.05) is 58.0 Å². The zero-order valence-electron chi connectivity index (χ0n) is 42.4. The summed E-state index contributed by atoms with van der Waals surface area (Å²) < 4.78 is 80.1. The van der Waals surface area contributed by atoms with Gasteiger partial charge in [0.15, 0.2) is 29.1 Å². The SMILES string of the molecule is CSC(C)C(=O)CCCOCCOCCOCCOCCOCCOCCC(=O)Cc1cccc(Sc2ccc([C@@H]3O[C@@H]4C[C@H]5[C@@H]6C[C@H](F)C7=CC(=O)C=C[C@]7(C)[C@@]6(F)[C@@H](O)C[C@]5(C)[C@]4(C(=O)CO)O3)cc2)c1. The summed E-state index contributed by atoms with van der Waals surface area (Å²) in [6, 6.07) is 15.2. The lowest BCUT2D eigenvalue weighted by Gasteiger charge is -2.63. The zero-order chi connectivity index (χ0) is 52.2. The molecule has 402 valence electrons. The van der Waals surface area contributed by atoms with Crippen molar-refractivity contribution >= 4 is 46.7 Å². The summed E-state index contributed by atoms with van der Waals surface area (Å²) in [5, 5.41) is 22.2. The third-order valence-corrected chi connectivity index (χ3v) is 17.5. The average Bonchev–Trinajstić information content (AvgIpc) is 3.88. The number of thioether (sulfide) groups is 1. The maximum absolute atomic E-state index is 17.8. The molecule has 7 rings (SSSR count). The molecular weight excluding hydrogens is 987 g/mol. The fraction of sp³-hybridized carbons (Fsp3) is 0.636. The van der Waals surface area contributed by atoms with Gasteiger partial charge >= 0.3 is 0 Å². The highest BCUT2D eigenvalue weighted by Gasteiger charge is 2.80. The minimum Gasteiger partial charge on any atom is -0.390 e. The topological polar surface area (TPSA) is 183 Å². The molecule has 14 nitrogen and oxygen atoms in total. The number of hydrogen-bond donors (Lipinski definition) is 2. The number of ether oxygens (including phenoxy) is 8. The number of ketones is 4. The molecule has 1 heterocycles. The predicted octanol–water partition coefficient (Wildman–Crippen LogP) is 7.18. The van der Waals surface area contributed by atoms with Crippen molar-refractivity contribution in [3.8, 4) is 0 Å². The molecule has 18 heteroatoms. The van der Waals surface area contributed by atoms with Crippen LogP contribution in [0.25, 0.3) is 0 Å². The van der Waals surface area contributed by atoms with E-state index in [0.717, 1.165) is 27.9 Å². The molecule has 0 spiro atoms. The number of hydrogen-bond acceptors (Lipinski definition) is 16. The van der Waals surface area contributed by atoms with E-state index in [1.165, 1.54) is 30.8 Å². The van der Waals surface area contributed by atoms with Crippen molar-refractivity contribution in [1.82, 2.24) is 0 Å². The number of aliphatic hydroxyl groups excluding tert-OH is 2. The van der Waals surface area contributed by atoms with Gasteiger partial charge in [-0.05, 0) is 99.3 Å². The number of aliphatic hydroxyl groups is 2. The van der Waals surface area contributed by atoms with Crippen molar-refractivity contribution in [2.24, 2.45) is 22.7 Å². The second kappa shape index (κ2) is 26.2. The monoisotopic (exact) mass is 1060 g/mol. The first kappa shape index (κ1) is 57.5. The van der Waals surface area contributed by atoms with E-state index in [1.54, 1.807) is 18.7 Å². The number of alkyl halides is 2. The first-order valence-electron chi connectivity index (χ1n) is 25.5. The number of carbonyl (C=O) groups is 4. The molecule has 0 aromatic heterocycles. The highest BCUT2D eigenvalue weighted by molar-refractivity contribution is 8.00. The maximum atomic E-state index is 17.8. The number of allylic oxidation sites excluding steroid dienone is 4. The molecule has 2 N–H and O–H groups in total. The molecule has 1 unspecified atom stereocenters. The number of carbonyl (C=O) groups excluding carboxylic acids is 4. The molecule has 1 saturated heterocycles. The molecule has 2 aromatic rings. The van der Waals surface area contributed by atoms with Crippen LogP contribution in [0.1, 0.15) is 76.7 Å². The average molecular weight is 1060 g/mol. The van der Waals surface area contributed by atoms with Gasteiger partial charge in [0.05, 0.1) is 90.1 Å². The summed E-state index contributed by atoms with van der Waals surface area (Å²) in [5.41, 5.74) is -5.33. The lowest BCUT2D eigenvalue weighted by atomic mass is 9.44. The molecule has 11 atom stereocenters. The van der Waals surface area contributed by atoms with Gasteiger partial charge in [0.1, 0.15) is 24.3 Å². The number of Topliss-reactive ketones (excluding diaryl/α,β-unsaturated/α-hetero) is 3. The van der Waals surface area contributed by atoms with Crippen LogP contribution in [-0.2, 0) is 63.5 Å². The van der Waals surface area contributed by atoms with Crippen LogP contribution < -0.4 is 0 Å². The van der Waals surface area contributed by atoms with Crippen LogP contribution in [0.15, 0.2) is 82.1 Å². The fourth-order valence-corrected chi connectivity index (χ4v) is 12.9. The number of halogens is 2. The van der Waals surface area contributed by atoms with Crippen LogP contribution in [0, 0.1) is 22.7 Å². The number of rotatable bonds is 31. The minimum atomic E-state index is -2.33. The third-order valence-electron chi connectivity index (χ3n) is 15.5. The molecule has 5 aliphatic rings. The first-order chi connectivity index (χ1) is 35.1. The summed E-state index contributed by atoms with van der Waals surface area (Å²) in [4.78, 5) is 52.7. The van der Waals surface area contributed by atoms with Gasteiger partial charge in [-0.1, -0.05) is 49.0 Å². The fourth-order valence-electron chi connectivity index (χ4n) is 11.6. The second-order valence-corrected chi connectivity index (χ2v) is 22.2. The lowest BCUT2D eigenvalue weighted by Crippen LogP contribution is -2.70. The highest BCUT2D eigenvalue weighted by atomic mass is 32.2. The Morgan fingerprint density at radius 2 is 1.44 bits per heavy atom. The molecule has 1 aliphatic heterocycles. The second-order valence-electron chi connectivity index (χ2n) is 19.9. The quantitative estimate of drug-likeness (QED) is 0.0724. The highest BCUT2D eigenvalue weighted by Crippen LogP contribution is 2.72. The van der Waals surface area contributed by atoms with Crippen molar-refractivity contribution in [3.05, 3.63) is 83.5 Å². The van der Waals surface area contributed by atoms with Crippen molar-refractivity contribution in [2.75, 3.05) is 92.1 Å². The summed E-state index contributed by atoms with van der Waals surface area (Å²) in [7, 11) is 0. The van der Waals surface area contributed by atoms with Gasteiger partial charge in [-0.25, -0.2) is 8.78 Å². The van der Waals surface area contributed by atoms with Crippen LogP contribution in [0.4, 0.5) is 8.78 Å².